The number of amides is 1. The fraction of sp³-hybridized carbons (Fsp3) is 0.308. The van der Waals surface area contributed by atoms with Gasteiger partial charge in [-0.1, -0.05) is 30.3 Å². The highest BCUT2D eigenvalue weighted by Gasteiger charge is 2.01. The predicted molar refractivity (Wildman–Crippen MR) is 72.8 cm³/mol. The Bertz CT molecular complexity index is 506. The summed E-state index contributed by atoms with van der Waals surface area (Å²) in [5.41, 5.74) is 0.948. The van der Waals surface area contributed by atoms with E-state index in [4.69, 9.17) is 0 Å². The molecule has 5 heteroatoms. The molecule has 1 N–H and O–H groups in total. The maximum absolute atomic E-state index is 11.4. The minimum absolute atomic E-state index is 0.0929. The molecule has 0 heterocycles. The third-order valence-corrected chi connectivity index (χ3v) is 3.25. The topological polar surface area (TPSA) is 63.2 Å². The lowest BCUT2D eigenvalue weighted by Crippen LogP contribution is -2.23. The van der Waals surface area contributed by atoms with Crippen molar-refractivity contribution in [2.24, 2.45) is 0 Å². The molecule has 1 rings (SSSR count). The third kappa shape index (κ3) is 6.85. The van der Waals surface area contributed by atoms with Crippen LogP contribution in [0.3, 0.4) is 0 Å². The van der Waals surface area contributed by atoms with Gasteiger partial charge in [0.05, 0.1) is 5.75 Å². The van der Waals surface area contributed by atoms with E-state index in [-0.39, 0.29) is 11.7 Å². The average Bonchev–Trinajstić information content (AvgIpc) is 2.32. The smallest absolute Gasteiger partial charge is 0.243 e. The number of rotatable bonds is 6. The second-order valence-corrected chi connectivity index (χ2v) is 6.28. The molecule has 0 saturated carbocycles. The molecule has 0 saturated heterocycles. The Morgan fingerprint density at radius 1 is 1.28 bits per heavy atom. The summed E-state index contributed by atoms with van der Waals surface area (Å²) < 4.78 is 21.7. The highest BCUT2D eigenvalue weighted by molar-refractivity contribution is 7.90. The standard InChI is InChI=1S/C13H17NO3S/c1-18(16,17)11-5-10-14-13(15)9-8-12-6-3-2-4-7-12/h2-4,6-9H,5,10-11H2,1H3,(H,14,15)/b9-8-. The van der Waals surface area contributed by atoms with Crippen molar-refractivity contribution in [3.8, 4) is 0 Å². The molecular weight excluding hydrogens is 250 g/mol. The molecule has 0 aliphatic rings. The van der Waals surface area contributed by atoms with Crippen LogP contribution in [0.15, 0.2) is 36.4 Å². The number of hydrogen-bond acceptors (Lipinski definition) is 3. The maximum Gasteiger partial charge on any atom is 0.243 e. The van der Waals surface area contributed by atoms with Gasteiger partial charge >= 0.3 is 0 Å². The van der Waals surface area contributed by atoms with E-state index in [2.05, 4.69) is 5.32 Å². The summed E-state index contributed by atoms with van der Waals surface area (Å²) in [6, 6.07) is 9.48. The van der Waals surface area contributed by atoms with E-state index in [9.17, 15) is 13.2 Å². The third-order valence-electron chi connectivity index (χ3n) is 2.22. The molecule has 18 heavy (non-hydrogen) atoms. The number of benzene rings is 1. The van der Waals surface area contributed by atoms with Crippen LogP contribution in [0.2, 0.25) is 0 Å². The zero-order valence-corrected chi connectivity index (χ0v) is 11.1. The van der Waals surface area contributed by atoms with Crippen molar-refractivity contribution in [2.75, 3.05) is 18.6 Å². The summed E-state index contributed by atoms with van der Waals surface area (Å²) >= 11 is 0. The number of sulfone groups is 1. The molecule has 0 aromatic heterocycles. The fourth-order valence-corrected chi connectivity index (χ4v) is 2.01. The molecule has 0 spiro atoms. The minimum Gasteiger partial charge on any atom is -0.353 e. The molecule has 4 nitrogen and oxygen atoms in total. The van der Waals surface area contributed by atoms with Crippen LogP contribution in [-0.4, -0.2) is 32.9 Å². The predicted octanol–water partition coefficient (Wildman–Crippen LogP) is 1.25. The van der Waals surface area contributed by atoms with Gasteiger partial charge in [-0.25, -0.2) is 8.42 Å². The van der Waals surface area contributed by atoms with Gasteiger partial charge in [0.2, 0.25) is 5.91 Å². The van der Waals surface area contributed by atoms with E-state index in [0.29, 0.717) is 13.0 Å². The van der Waals surface area contributed by atoms with Crippen LogP contribution < -0.4 is 5.32 Å². The maximum atomic E-state index is 11.4. The molecule has 0 fully saturated rings. The number of hydrogen-bond donors (Lipinski definition) is 1. The van der Waals surface area contributed by atoms with Crippen LogP contribution in [-0.2, 0) is 14.6 Å². The Labute approximate surface area is 108 Å². The van der Waals surface area contributed by atoms with Gasteiger partial charge in [-0.2, -0.15) is 0 Å². The van der Waals surface area contributed by atoms with Gasteiger partial charge in [-0.05, 0) is 18.1 Å². The summed E-state index contributed by atoms with van der Waals surface area (Å²) in [4.78, 5) is 11.4. The SMILES string of the molecule is CS(=O)(=O)CCCNC(=O)/C=C\c1ccccc1. The van der Waals surface area contributed by atoms with Crippen LogP contribution in [0, 0.1) is 0 Å². The molecular formula is C13H17NO3S. The van der Waals surface area contributed by atoms with Crippen LogP contribution >= 0.6 is 0 Å². The molecule has 0 bridgehead atoms. The van der Waals surface area contributed by atoms with E-state index in [1.807, 2.05) is 30.3 Å². The lowest BCUT2D eigenvalue weighted by atomic mass is 10.2. The molecule has 0 atom stereocenters. The average molecular weight is 267 g/mol. The zero-order chi connectivity index (χ0) is 13.4. The largest absolute Gasteiger partial charge is 0.353 e. The number of carbonyl (C=O) groups is 1. The van der Waals surface area contributed by atoms with Crippen molar-refractivity contribution in [1.82, 2.24) is 5.32 Å². The molecule has 0 unspecified atom stereocenters. The highest BCUT2D eigenvalue weighted by Crippen LogP contribution is 2.00. The van der Waals surface area contributed by atoms with Crippen molar-refractivity contribution >= 4 is 21.8 Å². The molecule has 1 amide bonds. The van der Waals surface area contributed by atoms with Gasteiger partial charge in [0.1, 0.15) is 9.84 Å². The van der Waals surface area contributed by atoms with Crippen LogP contribution in [0.4, 0.5) is 0 Å². The first-order chi connectivity index (χ1) is 8.47. The highest BCUT2D eigenvalue weighted by atomic mass is 32.2. The molecule has 0 radical (unpaired) electrons. The lowest BCUT2D eigenvalue weighted by Gasteiger charge is -2.01. The van der Waals surface area contributed by atoms with Gasteiger partial charge in [-0.15, -0.1) is 0 Å². The minimum atomic E-state index is -2.95. The number of carbonyl (C=O) groups excluding carboxylic acids is 1. The number of nitrogens with one attached hydrogen (secondary N) is 1. The Kier molecular flexibility index (Phi) is 5.58. The second-order valence-electron chi connectivity index (χ2n) is 4.02. The van der Waals surface area contributed by atoms with Crippen molar-refractivity contribution < 1.29 is 13.2 Å². The first-order valence-corrected chi connectivity index (χ1v) is 7.72. The molecule has 0 aliphatic carbocycles. The quantitative estimate of drug-likeness (QED) is 0.623. The van der Waals surface area contributed by atoms with E-state index < -0.39 is 9.84 Å². The van der Waals surface area contributed by atoms with Crippen molar-refractivity contribution in [1.29, 1.82) is 0 Å². The second kappa shape index (κ2) is 6.96. The molecule has 98 valence electrons. The first-order valence-electron chi connectivity index (χ1n) is 5.66. The molecule has 1 aromatic carbocycles. The van der Waals surface area contributed by atoms with Crippen LogP contribution in [0.25, 0.3) is 6.08 Å². The van der Waals surface area contributed by atoms with Crippen LogP contribution in [0.1, 0.15) is 12.0 Å². The summed E-state index contributed by atoms with van der Waals surface area (Å²) in [5, 5.41) is 2.64. The van der Waals surface area contributed by atoms with Crippen LogP contribution in [0.5, 0.6) is 0 Å². The Hall–Kier alpha value is -1.62. The summed E-state index contributed by atoms with van der Waals surface area (Å²) in [7, 11) is -2.95. The Morgan fingerprint density at radius 2 is 1.94 bits per heavy atom. The van der Waals surface area contributed by atoms with Gasteiger partial charge in [0.25, 0.3) is 0 Å². The van der Waals surface area contributed by atoms with E-state index >= 15 is 0 Å². The van der Waals surface area contributed by atoms with E-state index in [1.54, 1.807) is 6.08 Å². The van der Waals surface area contributed by atoms with Crippen molar-refractivity contribution in [2.45, 2.75) is 6.42 Å². The molecule has 0 aliphatic heterocycles. The van der Waals surface area contributed by atoms with Gasteiger partial charge < -0.3 is 5.32 Å². The monoisotopic (exact) mass is 267 g/mol. The summed E-state index contributed by atoms with van der Waals surface area (Å²) in [5.74, 6) is -0.122. The Balaban J connectivity index is 2.28. The Morgan fingerprint density at radius 3 is 2.56 bits per heavy atom. The zero-order valence-electron chi connectivity index (χ0n) is 10.3. The normalized spacial score (nSPS) is 11.6. The van der Waals surface area contributed by atoms with Gasteiger partial charge in [0.15, 0.2) is 0 Å². The van der Waals surface area contributed by atoms with E-state index in [1.165, 1.54) is 12.3 Å². The lowest BCUT2D eigenvalue weighted by molar-refractivity contribution is -0.116. The van der Waals surface area contributed by atoms with Gasteiger partial charge in [0, 0.05) is 18.9 Å². The summed E-state index contributed by atoms with van der Waals surface area (Å²) in [6.45, 7) is 0.366. The summed E-state index contributed by atoms with van der Waals surface area (Å²) in [6.07, 6.45) is 4.77. The van der Waals surface area contributed by atoms with E-state index in [0.717, 1.165) is 5.56 Å². The fourth-order valence-electron chi connectivity index (χ4n) is 1.34. The van der Waals surface area contributed by atoms with Gasteiger partial charge in [-0.3, -0.25) is 4.79 Å². The molecule has 1 aromatic rings. The first kappa shape index (κ1) is 14.4. The van der Waals surface area contributed by atoms with Crippen molar-refractivity contribution in [3.63, 3.8) is 0 Å². The van der Waals surface area contributed by atoms with Crippen molar-refractivity contribution in [3.05, 3.63) is 42.0 Å².